The minimum atomic E-state index is -3.46. The molecule has 0 bridgehead atoms. The number of ether oxygens (including phenoxy) is 1. The van der Waals surface area contributed by atoms with Gasteiger partial charge in [0.1, 0.15) is 0 Å². The number of anilines is 1. The SMILES string of the molecule is COCC(C)NC(=S)Nc1cc(S(=O)(=O)N2CCCCC2)ccc1C. The van der Waals surface area contributed by atoms with Gasteiger partial charge in [0, 0.05) is 31.9 Å². The average Bonchev–Trinajstić information content (AvgIpc) is 2.57. The predicted octanol–water partition coefficient (Wildman–Crippen LogP) is 2.49. The number of nitrogens with one attached hydrogen (secondary N) is 2. The van der Waals surface area contributed by atoms with E-state index in [4.69, 9.17) is 17.0 Å². The Morgan fingerprint density at radius 2 is 2.00 bits per heavy atom. The Balaban J connectivity index is 2.15. The molecule has 1 unspecified atom stereocenters. The summed E-state index contributed by atoms with van der Waals surface area (Å²) in [7, 11) is -1.83. The van der Waals surface area contributed by atoms with Gasteiger partial charge in [-0.15, -0.1) is 0 Å². The molecule has 0 aromatic heterocycles. The van der Waals surface area contributed by atoms with Gasteiger partial charge in [0.05, 0.1) is 11.5 Å². The van der Waals surface area contributed by atoms with Crippen molar-refractivity contribution >= 4 is 33.0 Å². The summed E-state index contributed by atoms with van der Waals surface area (Å²) < 4.78 is 32.3. The third-order valence-electron chi connectivity index (χ3n) is 4.20. The van der Waals surface area contributed by atoms with E-state index in [0.717, 1.165) is 24.8 Å². The first-order valence-corrected chi connectivity index (χ1v) is 10.4. The Morgan fingerprint density at radius 1 is 1.32 bits per heavy atom. The molecule has 0 saturated carbocycles. The Morgan fingerprint density at radius 3 is 2.64 bits per heavy atom. The molecule has 140 valence electrons. The molecule has 0 radical (unpaired) electrons. The Hall–Kier alpha value is -1.22. The van der Waals surface area contributed by atoms with Crippen LogP contribution in [0.2, 0.25) is 0 Å². The number of aryl methyl sites for hydroxylation is 1. The van der Waals surface area contributed by atoms with Gasteiger partial charge in [-0.05, 0) is 56.6 Å². The lowest BCUT2D eigenvalue weighted by molar-refractivity contribution is 0.179. The maximum absolute atomic E-state index is 12.8. The summed E-state index contributed by atoms with van der Waals surface area (Å²) in [5.74, 6) is 0. The summed E-state index contributed by atoms with van der Waals surface area (Å²) in [6, 6.07) is 5.19. The fourth-order valence-electron chi connectivity index (χ4n) is 2.82. The molecule has 25 heavy (non-hydrogen) atoms. The normalized spacial score (nSPS) is 17.1. The van der Waals surface area contributed by atoms with Crippen LogP contribution < -0.4 is 10.6 Å². The molecule has 0 amide bonds. The molecule has 1 aliphatic heterocycles. The van der Waals surface area contributed by atoms with E-state index in [-0.39, 0.29) is 6.04 Å². The van der Waals surface area contributed by atoms with Crippen LogP contribution in [0.15, 0.2) is 23.1 Å². The van der Waals surface area contributed by atoms with Crippen LogP contribution in [-0.4, -0.2) is 50.7 Å². The first-order chi connectivity index (χ1) is 11.8. The van der Waals surface area contributed by atoms with E-state index < -0.39 is 10.0 Å². The first kappa shape index (κ1) is 20.1. The van der Waals surface area contributed by atoms with Gasteiger partial charge in [-0.3, -0.25) is 0 Å². The predicted molar refractivity (Wildman–Crippen MR) is 104 cm³/mol. The van der Waals surface area contributed by atoms with E-state index in [0.29, 0.717) is 35.4 Å². The fourth-order valence-corrected chi connectivity index (χ4v) is 4.68. The number of rotatable bonds is 6. The molecule has 1 saturated heterocycles. The van der Waals surface area contributed by atoms with Gasteiger partial charge >= 0.3 is 0 Å². The van der Waals surface area contributed by atoms with Crippen LogP contribution in [0.4, 0.5) is 5.69 Å². The van der Waals surface area contributed by atoms with Gasteiger partial charge in [-0.25, -0.2) is 8.42 Å². The van der Waals surface area contributed by atoms with Crippen LogP contribution in [0.1, 0.15) is 31.7 Å². The second-order valence-corrected chi connectivity index (χ2v) is 8.74. The van der Waals surface area contributed by atoms with Crippen molar-refractivity contribution in [3.63, 3.8) is 0 Å². The van der Waals surface area contributed by atoms with Crippen LogP contribution in [0.3, 0.4) is 0 Å². The highest BCUT2D eigenvalue weighted by Gasteiger charge is 2.26. The van der Waals surface area contributed by atoms with Crippen molar-refractivity contribution in [2.45, 2.75) is 44.0 Å². The monoisotopic (exact) mass is 385 g/mol. The zero-order valence-electron chi connectivity index (χ0n) is 15.0. The quantitative estimate of drug-likeness (QED) is 0.733. The number of benzene rings is 1. The number of piperidine rings is 1. The molecule has 1 fully saturated rings. The third-order valence-corrected chi connectivity index (χ3v) is 6.32. The van der Waals surface area contributed by atoms with E-state index >= 15 is 0 Å². The first-order valence-electron chi connectivity index (χ1n) is 8.52. The van der Waals surface area contributed by atoms with Gasteiger partial charge in [0.25, 0.3) is 0 Å². The van der Waals surface area contributed by atoms with Crippen molar-refractivity contribution in [1.29, 1.82) is 0 Å². The summed E-state index contributed by atoms with van der Waals surface area (Å²) in [6.07, 6.45) is 2.93. The topological polar surface area (TPSA) is 70.7 Å². The number of sulfonamides is 1. The van der Waals surface area contributed by atoms with Crippen LogP contribution in [0.5, 0.6) is 0 Å². The van der Waals surface area contributed by atoms with Crippen molar-refractivity contribution < 1.29 is 13.2 Å². The van der Waals surface area contributed by atoms with Crippen molar-refractivity contribution in [2.24, 2.45) is 0 Å². The summed E-state index contributed by atoms with van der Waals surface area (Å²) in [4.78, 5) is 0.301. The second-order valence-electron chi connectivity index (χ2n) is 6.40. The van der Waals surface area contributed by atoms with Crippen molar-refractivity contribution in [1.82, 2.24) is 9.62 Å². The van der Waals surface area contributed by atoms with E-state index in [2.05, 4.69) is 10.6 Å². The minimum Gasteiger partial charge on any atom is -0.383 e. The molecule has 2 rings (SSSR count). The largest absolute Gasteiger partial charge is 0.383 e. The fraction of sp³-hybridized carbons (Fsp3) is 0.588. The van der Waals surface area contributed by atoms with Crippen molar-refractivity contribution in [3.05, 3.63) is 23.8 Å². The van der Waals surface area contributed by atoms with Gasteiger partial charge < -0.3 is 15.4 Å². The lowest BCUT2D eigenvalue weighted by Gasteiger charge is -2.26. The second kappa shape index (κ2) is 8.93. The molecule has 6 nitrogen and oxygen atoms in total. The number of hydrogen-bond donors (Lipinski definition) is 2. The zero-order valence-corrected chi connectivity index (χ0v) is 16.7. The van der Waals surface area contributed by atoms with E-state index in [9.17, 15) is 8.42 Å². The molecule has 1 aromatic rings. The van der Waals surface area contributed by atoms with Crippen LogP contribution in [0, 0.1) is 6.92 Å². The van der Waals surface area contributed by atoms with Gasteiger partial charge in [0.2, 0.25) is 10.0 Å². The highest BCUT2D eigenvalue weighted by molar-refractivity contribution is 7.89. The highest BCUT2D eigenvalue weighted by atomic mass is 32.2. The zero-order chi connectivity index (χ0) is 18.4. The molecule has 1 heterocycles. The number of thiocarbonyl (C=S) groups is 1. The lowest BCUT2D eigenvalue weighted by atomic mass is 10.2. The molecule has 0 aliphatic carbocycles. The van der Waals surface area contributed by atoms with Crippen molar-refractivity contribution in [2.75, 3.05) is 32.1 Å². The number of methoxy groups -OCH3 is 1. The van der Waals surface area contributed by atoms with Gasteiger partial charge in [-0.1, -0.05) is 12.5 Å². The molecule has 0 spiro atoms. The Kier molecular flexibility index (Phi) is 7.18. The Labute approximate surface area is 156 Å². The Bertz CT molecular complexity index is 701. The average molecular weight is 386 g/mol. The number of hydrogen-bond acceptors (Lipinski definition) is 4. The third kappa shape index (κ3) is 5.37. The molecule has 8 heteroatoms. The highest BCUT2D eigenvalue weighted by Crippen LogP contribution is 2.25. The smallest absolute Gasteiger partial charge is 0.243 e. The molecular formula is C17H27N3O3S2. The molecule has 1 aromatic carbocycles. The summed E-state index contributed by atoms with van der Waals surface area (Å²) >= 11 is 5.31. The van der Waals surface area contributed by atoms with E-state index in [1.807, 2.05) is 13.8 Å². The summed E-state index contributed by atoms with van der Waals surface area (Å²) in [6.45, 7) is 5.59. The van der Waals surface area contributed by atoms with Gasteiger partial charge in [-0.2, -0.15) is 4.31 Å². The standard InChI is InChI=1S/C17H27N3O3S2/c1-13-7-8-15(25(21,22)20-9-5-4-6-10-20)11-16(13)19-17(24)18-14(2)12-23-3/h7-8,11,14H,4-6,9-10,12H2,1-3H3,(H2,18,19,24). The van der Waals surface area contributed by atoms with Crippen LogP contribution in [-0.2, 0) is 14.8 Å². The molecule has 1 aliphatic rings. The lowest BCUT2D eigenvalue weighted by Crippen LogP contribution is -2.38. The maximum Gasteiger partial charge on any atom is 0.243 e. The summed E-state index contributed by atoms with van der Waals surface area (Å²) in [5, 5.41) is 6.65. The molecule has 1 atom stereocenters. The van der Waals surface area contributed by atoms with Gasteiger partial charge in [0.15, 0.2) is 5.11 Å². The summed E-state index contributed by atoms with van der Waals surface area (Å²) in [5.41, 5.74) is 1.63. The molecule has 2 N–H and O–H groups in total. The maximum atomic E-state index is 12.8. The van der Waals surface area contributed by atoms with E-state index in [1.54, 1.807) is 29.6 Å². The van der Waals surface area contributed by atoms with E-state index in [1.165, 1.54) is 0 Å². The molecular weight excluding hydrogens is 358 g/mol. The van der Waals surface area contributed by atoms with Crippen LogP contribution in [0.25, 0.3) is 0 Å². The number of nitrogens with zero attached hydrogens (tertiary/aromatic N) is 1. The van der Waals surface area contributed by atoms with Crippen LogP contribution >= 0.6 is 12.2 Å². The van der Waals surface area contributed by atoms with Crippen molar-refractivity contribution in [3.8, 4) is 0 Å². The minimum absolute atomic E-state index is 0.0607.